The lowest BCUT2D eigenvalue weighted by atomic mass is 9.76. The Morgan fingerprint density at radius 3 is 2.19 bits per heavy atom. The molecule has 0 spiro atoms. The molecule has 2 fully saturated rings. The fraction of sp³-hybridized carbons (Fsp3) is 0.909. The van der Waals surface area contributed by atoms with Crippen molar-refractivity contribution in [3.8, 4) is 0 Å². The first-order valence-corrected chi connectivity index (χ1v) is 5.75. The molecule has 1 aliphatic carbocycles. The van der Waals surface area contributed by atoms with Crippen LogP contribution < -0.4 is 5.73 Å². The molecule has 2 N–H and O–H groups in total. The first-order chi connectivity index (χ1) is 7.01. The number of hydrogen-bond donors (Lipinski definition) is 1. The van der Waals surface area contributed by atoms with Gasteiger partial charge in [-0.05, 0) is 33.1 Å². The summed E-state index contributed by atoms with van der Waals surface area (Å²) in [4.78, 5) is 14.0. The highest BCUT2D eigenvalue weighted by atomic mass is 35.5. The molecule has 0 radical (unpaired) electrons. The predicted molar refractivity (Wildman–Crippen MR) is 64.6 cm³/mol. The van der Waals surface area contributed by atoms with Crippen molar-refractivity contribution in [1.82, 2.24) is 4.90 Å². The maximum Gasteiger partial charge on any atom is 0.242 e. The van der Waals surface area contributed by atoms with Gasteiger partial charge in [-0.25, -0.2) is 0 Å². The van der Waals surface area contributed by atoms with Crippen LogP contribution in [-0.2, 0) is 9.53 Å². The van der Waals surface area contributed by atoms with Gasteiger partial charge in [0.2, 0.25) is 5.91 Å². The largest absolute Gasteiger partial charge is 0.372 e. The molecule has 5 heteroatoms. The van der Waals surface area contributed by atoms with Crippen LogP contribution in [0.25, 0.3) is 0 Å². The smallest absolute Gasteiger partial charge is 0.242 e. The summed E-state index contributed by atoms with van der Waals surface area (Å²) in [5.74, 6) is 0.121. The zero-order chi connectivity index (χ0) is 11.1. The molecule has 2 atom stereocenters. The van der Waals surface area contributed by atoms with E-state index in [4.69, 9.17) is 10.5 Å². The Labute approximate surface area is 103 Å². The van der Waals surface area contributed by atoms with Crippen LogP contribution in [0.4, 0.5) is 0 Å². The molecular weight excluding hydrogens is 228 g/mol. The minimum atomic E-state index is -0.559. The molecule has 1 heterocycles. The third kappa shape index (κ3) is 2.50. The van der Waals surface area contributed by atoms with Crippen molar-refractivity contribution in [2.45, 2.75) is 50.9 Å². The Kier molecular flexibility index (Phi) is 4.21. The molecule has 4 nitrogen and oxygen atoms in total. The summed E-state index contributed by atoms with van der Waals surface area (Å²) in [5, 5.41) is 0. The standard InChI is InChI=1S/C11H20N2O2.ClH/c1-8-6-13(7-9(2)15-8)10(14)11(12)4-3-5-11;/h8-9H,3-7,12H2,1-2H3;1H. The molecule has 1 aliphatic heterocycles. The van der Waals surface area contributed by atoms with E-state index < -0.39 is 5.54 Å². The first-order valence-electron chi connectivity index (χ1n) is 5.75. The van der Waals surface area contributed by atoms with Gasteiger partial charge in [0.25, 0.3) is 0 Å². The van der Waals surface area contributed by atoms with E-state index in [9.17, 15) is 4.79 Å². The number of amides is 1. The minimum Gasteiger partial charge on any atom is -0.372 e. The van der Waals surface area contributed by atoms with Crippen LogP contribution in [0.3, 0.4) is 0 Å². The highest BCUT2D eigenvalue weighted by Crippen LogP contribution is 2.31. The summed E-state index contributed by atoms with van der Waals surface area (Å²) in [6.45, 7) is 5.37. The van der Waals surface area contributed by atoms with Crippen molar-refractivity contribution < 1.29 is 9.53 Å². The summed E-state index contributed by atoms with van der Waals surface area (Å²) in [5.41, 5.74) is 5.48. The molecule has 2 rings (SSSR count). The lowest BCUT2D eigenvalue weighted by Crippen LogP contribution is -2.62. The zero-order valence-electron chi connectivity index (χ0n) is 9.94. The average molecular weight is 249 g/mol. The van der Waals surface area contributed by atoms with Crippen LogP contribution in [0.5, 0.6) is 0 Å². The maximum absolute atomic E-state index is 12.1. The number of nitrogens with zero attached hydrogens (tertiary/aromatic N) is 1. The van der Waals surface area contributed by atoms with Gasteiger partial charge in [-0.15, -0.1) is 12.4 Å². The SMILES string of the molecule is CC1CN(C(=O)C2(N)CCC2)CC(C)O1.Cl. The second-order valence-corrected chi connectivity index (χ2v) is 4.98. The topological polar surface area (TPSA) is 55.6 Å². The summed E-state index contributed by atoms with van der Waals surface area (Å²) in [7, 11) is 0. The van der Waals surface area contributed by atoms with E-state index in [-0.39, 0.29) is 30.5 Å². The highest BCUT2D eigenvalue weighted by Gasteiger charge is 2.44. The van der Waals surface area contributed by atoms with Gasteiger partial charge in [-0.3, -0.25) is 4.79 Å². The molecule has 16 heavy (non-hydrogen) atoms. The second-order valence-electron chi connectivity index (χ2n) is 4.98. The number of rotatable bonds is 1. The van der Waals surface area contributed by atoms with Crippen LogP contribution in [0, 0.1) is 0 Å². The predicted octanol–water partition coefficient (Wildman–Crippen LogP) is 0.925. The van der Waals surface area contributed by atoms with E-state index in [1.165, 1.54) is 0 Å². The molecule has 0 bridgehead atoms. The fourth-order valence-corrected chi connectivity index (χ4v) is 2.43. The van der Waals surface area contributed by atoms with E-state index in [0.717, 1.165) is 19.3 Å². The summed E-state index contributed by atoms with van der Waals surface area (Å²) < 4.78 is 5.60. The number of carbonyl (C=O) groups excluding carboxylic acids is 1. The first kappa shape index (κ1) is 13.7. The van der Waals surface area contributed by atoms with Crippen molar-refractivity contribution in [1.29, 1.82) is 0 Å². The lowest BCUT2D eigenvalue weighted by Gasteiger charge is -2.44. The molecule has 0 aromatic rings. The van der Waals surface area contributed by atoms with Gasteiger partial charge in [0.05, 0.1) is 17.7 Å². The van der Waals surface area contributed by atoms with Gasteiger partial charge < -0.3 is 15.4 Å². The number of carbonyl (C=O) groups is 1. The van der Waals surface area contributed by atoms with E-state index >= 15 is 0 Å². The maximum atomic E-state index is 12.1. The van der Waals surface area contributed by atoms with Crippen LogP contribution >= 0.6 is 12.4 Å². The lowest BCUT2D eigenvalue weighted by molar-refractivity contribution is -0.151. The van der Waals surface area contributed by atoms with Gasteiger partial charge in [-0.1, -0.05) is 0 Å². The molecule has 1 saturated heterocycles. The summed E-state index contributed by atoms with van der Waals surface area (Å²) >= 11 is 0. The monoisotopic (exact) mass is 248 g/mol. The Morgan fingerprint density at radius 1 is 1.31 bits per heavy atom. The Hall–Kier alpha value is -0.320. The Bertz CT molecular complexity index is 259. The van der Waals surface area contributed by atoms with Crippen molar-refractivity contribution in [2.24, 2.45) is 5.73 Å². The van der Waals surface area contributed by atoms with E-state index in [1.54, 1.807) is 0 Å². The fourth-order valence-electron chi connectivity index (χ4n) is 2.43. The third-order valence-electron chi connectivity index (χ3n) is 3.38. The van der Waals surface area contributed by atoms with Crippen LogP contribution in [0.1, 0.15) is 33.1 Å². The van der Waals surface area contributed by atoms with Gasteiger partial charge in [0.1, 0.15) is 0 Å². The minimum absolute atomic E-state index is 0. The van der Waals surface area contributed by atoms with Gasteiger partial charge in [0, 0.05) is 13.1 Å². The summed E-state index contributed by atoms with van der Waals surface area (Å²) in [6.07, 6.45) is 3.01. The van der Waals surface area contributed by atoms with Gasteiger partial charge >= 0.3 is 0 Å². The second kappa shape index (κ2) is 4.90. The number of halogens is 1. The van der Waals surface area contributed by atoms with Crippen LogP contribution in [0.2, 0.25) is 0 Å². The molecular formula is C11H21ClN2O2. The number of hydrogen-bond acceptors (Lipinski definition) is 3. The van der Waals surface area contributed by atoms with E-state index in [2.05, 4.69) is 0 Å². The van der Waals surface area contributed by atoms with E-state index in [0.29, 0.717) is 13.1 Å². The normalized spacial score (nSPS) is 32.6. The van der Waals surface area contributed by atoms with Crippen LogP contribution in [0.15, 0.2) is 0 Å². The molecule has 0 aromatic carbocycles. The highest BCUT2D eigenvalue weighted by molar-refractivity contribution is 5.87. The van der Waals surface area contributed by atoms with Gasteiger partial charge in [0.15, 0.2) is 0 Å². The number of nitrogens with two attached hydrogens (primary N) is 1. The van der Waals surface area contributed by atoms with Crippen molar-refractivity contribution in [3.63, 3.8) is 0 Å². The zero-order valence-corrected chi connectivity index (χ0v) is 10.8. The third-order valence-corrected chi connectivity index (χ3v) is 3.38. The van der Waals surface area contributed by atoms with Crippen molar-refractivity contribution in [3.05, 3.63) is 0 Å². The number of ether oxygens (including phenoxy) is 1. The molecule has 1 saturated carbocycles. The molecule has 2 unspecified atom stereocenters. The molecule has 2 aliphatic rings. The molecule has 1 amide bonds. The van der Waals surface area contributed by atoms with Crippen molar-refractivity contribution in [2.75, 3.05) is 13.1 Å². The Balaban J connectivity index is 0.00000128. The van der Waals surface area contributed by atoms with Gasteiger partial charge in [-0.2, -0.15) is 0 Å². The van der Waals surface area contributed by atoms with E-state index in [1.807, 2.05) is 18.7 Å². The molecule has 94 valence electrons. The number of morpholine rings is 1. The Morgan fingerprint density at radius 2 is 1.81 bits per heavy atom. The van der Waals surface area contributed by atoms with Crippen molar-refractivity contribution >= 4 is 18.3 Å². The summed E-state index contributed by atoms with van der Waals surface area (Å²) in [6, 6.07) is 0. The quantitative estimate of drug-likeness (QED) is 0.751. The van der Waals surface area contributed by atoms with Crippen LogP contribution in [-0.4, -0.2) is 41.6 Å². The molecule has 0 aromatic heterocycles. The average Bonchev–Trinajstić information content (AvgIpc) is 2.11.